The number of nitrogens with two attached hydrogens (primary N) is 1. The highest BCUT2D eigenvalue weighted by molar-refractivity contribution is 5.78. The van der Waals surface area contributed by atoms with E-state index in [1.165, 1.54) is 29.2 Å². The van der Waals surface area contributed by atoms with E-state index in [2.05, 4.69) is 25.3 Å². The topological polar surface area (TPSA) is 124 Å². The number of hydrogen-bond acceptors (Lipinski definition) is 9. The molecular weight excluding hydrogens is 468 g/mol. The summed E-state index contributed by atoms with van der Waals surface area (Å²) in [5.74, 6) is -0.412. The van der Waals surface area contributed by atoms with Gasteiger partial charge in [0.1, 0.15) is 17.4 Å². The van der Waals surface area contributed by atoms with Crippen molar-refractivity contribution in [3.63, 3.8) is 0 Å². The number of hydrogen-bond donors (Lipinski definition) is 3. The van der Waals surface area contributed by atoms with E-state index in [9.17, 15) is 8.78 Å². The van der Waals surface area contributed by atoms with Gasteiger partial charge in [0.15, 0.2) is 5.49 Å². The number of piperazine rings is 1. The summed E-state index contributed by atoms with van der Waals surface area (Å²) in [6.45, 7) is 4.75. The summed E-state index contributed by atoms with van der Waals surface area (Å²) in [6.07, 6.45) is 4.24. The molecule has 0 aliphatic carbocycles. The van der Waals surface area contributed by atoms with Crippen molar-refractivity contribution < 1.29 is 13.2 Å². The first-order valence-corrected chi connectivity index (χ1v) is 11.6. The summed E-state index contributed by atoms with van der Waals surface area (Å²) >= 11 is 0. The first-order valence-electron chi connectivity index (χ1n) is 11.6. The Kier molecular flexibility index (Phi) is 8.18. The van der Waals surface area contributed by atoms with Crippen molar-refractivity contribution in [3.05, 3.63) is 70.7 Å². The first kappa shape index (κ1) is 25.2. The van der Waals surface area contributed by atoms with Crippen molar-refractivity contribution in [2.75, 3.05) is 56.9 Å². The predicted octanol–water partition coefficient (Wildman–Crippen LogP) is 1.66. The SMILES string of the molecule is CN=c1c(C=N)c(CNCCN2CCN(c3ccc(F)cc3F)CC2)nc(N)n1/N=C/c1ccco1. The van der Waals surface area contributed by atoms with Crippen molar-refractivity contribution in [2.24, 2.45) is 10.1 Å². The first-order chi connectivity index (χ1) is 17.5. The van der Waals surface area contributed by atoms with Gasteiger partial charge in [-0.25, -0.2) is 13.8 Å². The summed E-state index contributed by atoms with van der Waals surface area (Å²) < 4.78 is 33.9. The zero-order valence-electron chi connectivity index (χ0n) is 20.0. The molecular formula is C24H29F2N9O. The second-order valence-electron chi connectivity index (χ2n) is 8.19. The molecule has 0 saturated carbocycles. The molecule has 0 radical (unpaired) electrons. The highest BCUT2D eigenvalue weighted by atomic mass is 19.1. The maximum Gasteiger partial charge on any atom is 0.223 e. The Labute approximate surface area is 207 Å². The molecule has 1 fully saturated rings. The highest BCUT2D eigenvalue weighted by Gasteiger charge is 2.19. The Morgan fingerprint density at radius 3 is 2.69 bits per heavy atom. The molecule has 1 aliphatic heterocycles. The van der Waals surface area contributed by atoms with Crippen LogP contribution in [-0.4, -0.2) is 73.3 Å². The van der Waals surface area contributed by atoms with Gasteiger partial charge in [0, 0.05) is 65.1 Å². The molecule has 1 aliphatic rings. The van der Waals surface area contributed by atoms with Gasteiger partial charge in [-0.05, 0) is 24.3 Å². The van der Waals surface area contributed by atoms with Crippen molar-refractivity contribution in [3.8, 4) is 0 Å². The molecule has 3 heterocycles. The summed E-state index contributed by atoms with van der Waals surface area (Å²) in [4.78, 5) is 12.9. The van der Waals surface area contributed by atoms with Crippen LogP contribution in [0.1, 0.15) is 17.0 Å². The fourth-order valence-corrected chi connectivity index (χ4v) is 4.08. The van der Waals surface area contributed by atoms with Gasteiger partial charge in [-0.1, -0.05) is 0 Å². The number of benzene rings is 1. The lowest BCUT2D eigenvalue weighted by Crippen LogP contribution is -2.48. The molecule has 0 bridgehead atoms. The maximum absolute atomic E-state index is 14.1. The monoisotopic (exact) mass is 497 g/mol. The van der Waals surface area contributed by atoms with E-state index in [1.807, 2.05) is 4.90 Å². The Balaban J connectivity index is 1.32. The largest absolute Gasteiger partial charge is 0.463 e. The Bertz CT molecular complexity index is 1280. The van der Waals surface area contributed by atoms with Crippen molar-refractivity contribution in [1.82, 2.24) is 19.9 Å². The lowest BCUT2D eigenvalue weighted by atomic mass is 10.2. The van der Waals surface area contributed by atoms with Crippen LogP contribution in [0, 0.1) is 17.0 Å². The normalized spacial score (nSPS) is 15.2. The van der Waals surface area contributed by atoms with Crippen LogP contribution in [0.2, 0.25) is 0 Å². The standard InChI is InChI=1S/C24H29F2N9O/c1-29-23-19(14-27)21(32-24(28)35(23)31-15-18-3-2-12-36-18)16-30-6-7-33-8-10-34(11-9-33)22-5-4-17(25)13-20(22)26/h2-5,12-15,27,30H,6-11,16H2,1H3,(H2,28,32)/b27-14?,29-23?,31-15+. The molecule has 12 heteroatoms. The van der Waals surface area contributed by atoms with E-state index in [0.717, 1.165) is 25.7 Å². The number of anilines is 2. The summed E-state index contributed by atoms with van der Waals surface area (Å²) in [5, 5.41) is 15.5. The number of nitrogen functional groups attached to an aromatic ring is 1. The Morgan fingerprint density at radius 1 is 1.22 bits per heavy atom. The summed E-state index contributed by atoms with van der Waals surface area (Å²) in [6, 6.07) is 7.20. The molecule has 0 amide bonds. The molecule has 10 nitrogen and oxygen atoms in total. The van der Waals surface area contributed by atoms with Crippen LogP contribution in [0.3, 0.4) is 0 Å². The average Bonchev–Trinajstić information content (AvgIpc) is 3.40. The predicted molar refractivity (Wildman–Crippen MR) is 134 cm³/mol. The van der Waals surface area contributed by atoms with Crippen LogP contribution in [0.25, 0.3) is 0 Å². The van der Waals surface area contributed by atoms with Crippen molar-refractivity contribution in [2.45, 2.75) is 6.54 Å². The van der Waals surface area contributed by atoms with Crippen LogP contribution in [0.5, 0.6) is 0 Å². The lowest BCUT2D eigenvalue weighted by molar-refractivity contribution is 0.256. The maximum atomic E-state index is 14.1. The van der Waals surface area contributed by atoms with Crippen LogP contribution in [0.15, 0.2) is 51.1 Å². The van der Waals surface area contributed by atoms with E-state index in [4.69, 9.17) is 15.6 Å². The number of nitrogens with one attached hydrogen (secondary N) is 2. The minimum Gasteiger partial charge on any atom is -0.463 e. The van der Waals surface area contributed by atoms with Gasteiger partial charge in [-0.2, -0.15) is 9.78 Å². The highest BCUT2D eigenvalue weighted by Crippen LogP contribution is 2.21. The molecule has 4 N–H and O–H groups in total. The van der Waals surface area contributed by atoms with Gasteiger partial charge in [-0.3, -0.25) is 9.89 Å². The van der Waals surface area contributed by atoms with E-state index >= 15 is 0 Å². The Morgan fingerprint density at radius 2 is 2.03 bits per heavy atom. The fraction of sp³-hybridized carbons (Fsp3) is 0.333. The molecule has 190 valence electrons. The van der Waals surface area contributed by atoms with Crippen LogP contribution in [-0.2, 0) is 6.54 Å². The molecule has 36 heavy (non-hydrogen) atoms. The smallest absolute Gasteiger partial charge is 0.223 e. The third kappa shape index (κ3) is 5.83. The Hall–Kier alpha value is -3.90. The lowest BCUT2D eigenvalue weighted by Gasteiger charge is -2.36. The second kappa shape index (κ2) is 11.7. The second-order valence-corrected chi connectivity index (χ2v) is 8.19. The van der Waals surface area contributed by atoms with Crippen LogP contribution >= 0.6 is 0 Å². The van der Waals surface area contributed by atoms with Crippen LogP contribution in [0.4, 0.5) is 20.4 Å². The van der Waals surface area contributed by atoms with E-state index in [1.54, 1.807) is 25.4 Å². The van der Waals surface area contributed by atoms with Gasteiger partial charge in [0.2, 0.25) is 5.95 Å². The molecule has 1 aromatic carbocycles. The van der Waals surface area contributed by atoms with Gasteiger partial charge in [-0.15, -0.1) is 0 Å². The number of aromatic nitrogens is 2. The van der Waals surface area contributed by atoms with E-state index in [-0.39, 0.29) is 5.95 Å². The zero-order valence-corrected chi connectivity index (χ0v) is 20.0. The minimum atomic E-state index is -0.571. The molecule has 0 unspecified atom stereocenters. The molecule has 2 aromatic heterocycles. The van der Waals surface area contributed by atoms with E-state index < -0.39 is 11.6 Å². The zero-order chi connectivity index (χ0) is 25.5. The average molecular weight is 498 g/mol. The number of halogens is 2. The summed E-state index contributed by atoms with van der Waals surface area (Å²) in [5.41, 5.74) is 8.12. The third-order valence-corrected chi connectivity index (χ3v) is 5.94. The molecule has 1 saturated heterocycles. The van der Waals surface area contributed by atoms with Gasteiger partial charge >= 0.3 is 0 Å². The van der Waals surface area contributed by atoms with Crippen molar-refractivity contribution in [1.29, 1.82) is 5.41 Å². The number of rotatable bonds is 9. The quantitative estimate of drug-likeness (QED) is 0.305. The van der Waals surface area contributed by atoms with Gasteiger partial charge < -0.3 is 25.8 Å². The third-order valence-electron chi connectivity index (χ3n) is 5.94. The van der Waals surface area contributed by atoms with Crippen LogP contribution < -0.4 is 21.4 Å². The fourth-order valence-electron chi connectivity index (χ4n) is 4.08. The van der Waals surface area contributed by atoms with Gasteiger partial charge in [0.25, 0.3) is 0 Å². The van der Waals surface area contributed by atoms with Gasteiger partial charge in [0.05, 0.1) is 29.4 Å². The molecule has 4 rings (SSSR count). The molecule has 0 atom stereocenters. The molecule has 3 aromatic rings. The number of furan rings is 1. The summed E-state index contributed by atoms with van der Waals surface area (Å²) in [7, 11) is 1.61. The number of nitrogens with zero attached hydrogens (tertiary/aromatic N) is 6. The van der Waals surface area contributed by atoms with E-state index in [0.29, 0.717) is 54.4 Å². The minimum absolute atomic E-state index is 0.143. The molecule has 0 spiro atoms. The van der Waals surface area contributed by atoms with Crippen molar-refractivity contribution >= 4 is 24.1 Å².